The molecule has 3 heteroatoms. The Morgan fingerprint density at radius 3 is 2.54 bits per heavy atom. The van der Waals surface area contributed by atoms with E-state index >= 15 is 0 Å². The number of carbonyl (C=O) groups excluding carboxylic acids is 1. The fourth-order valence-electron chi connectivity index (χ4n) is 3.52. The van der Waals surface area contributed by atoms with Crippen LogP contribution in [0.3, 0.4) is 0 Å². The molecule has 2 rings (SSSR count). The van der Waals surface area contributed by atoms with Gasteiger partial charge in [0.1, 0.15) is 0 Å². The summed E-state index contributed by atoms with van der Waals surface area (Å²) < 4.78 is 0. The molecular formula is C23H32N2O. The summed E-state index contributed by atoms with van der Waals surface area (Å²) in [7, 11) is 0. The van der Waals surface area contributed by atoms with E-state index in [1.54, 1.807) is 0 Å². The van der Waals surface area contributed by atoms with Crippen LogP contribution < -0.4 is 4.90 Å². The summed E-state index contributed by atoms with van der Waals surface area (Å²) in [5.41, 5.74) is 2.38. The fraction of sp³-hybridized carbons (Fsp3) is 0.435. The first-order chi connectivity index (χ1) is 12.7. The molecule has 0 saturated carbocycles. The number of amides is 1. The number of anilines is 1. The topological polar surface area (TPSA) is 23.6 Å². The first kappa shape index (κ1) is 20.2. The summed E-state index contributed by atoms with van der Waals surface area (Å²) in [6.45, 7) is 10.9. The molecule has 3 nitrogen and oxygen atoms in total. The van der Waals surface area contributed by atoms with Crippen molar-refractivity contribution in [2.24, 2.45) is 0 Å². The van der Waals surface area contributed by atoms with E-state index in [1.165, 1.54) is 5.57 Å². The molecule has 0 N–H and O–H groups in total. The molecule has 1 saturated heterocycles. The van der Waals surface area contributed by atoms with Crippen LogP contribution >= 0.6 is 0 Å². The summed E-state index contributed by atoms with van der Waals surface area (Å²) in [4.78, 5) is 17.1. The molecule has 0 atom stereocenters. The summed E-state index contributed by atoms with van der Waals surface area (Å²) in [5.74, 6) is 0.223. The molecule has 1 aromatic rings. The monoisotopic (exact) mass is 352 g/mol. The van der Waals surface area contributed by atoms with E-state index in [9.17, 15) is 4.79 Å². The number of piperidine rings is 1. The van der Waals surface area contributed by atoms with Gasteiger partial charge in [-0.2, -0.15) is 0 Å². The highest BCUT2D eigenvalue weighted by Gasteiger charge is 2.28. The minimum absolute atomic E-state index is 0.223. The standard InChI is InChI=1S/C23H32N2O/c1-4-7-11-20(5-2)14-17-24-18-15-22(16-19-24)25(23(26)6-3)21-12-9-8-10-13-21/h4-5,7-13,22H,1,6,14-19H2,2-3H3/b11-7-,20-5+. The summed E-state index contributed by atoms with van der Waals surface area (Å²) in [5, 5.41) is 0. The molecule has 0 aliphatic carbocycles. The molecule has 0 unspecified atom stereocenters. The van der Waals surface area contributed by atoms with E-state index in [0.717, 1.165) is 44.6 Å². The summed E-state index contributed by atoms with van der Waals surface area (Å²) in [6, 6.07) is 10.4. The van der Waals surface area contributed by atoms with Gasteiger partial charge in [-0.25, -0.2) is 0 Å². The number of hydrogen-bond acceptors (Lipinski definition) is 2. The largest absolute Gasteiger partial charge is 0.309 e. The van der Waals surface area contributed by atoms with Gasteiger partial charge in [0.15, 0.2) is 0 Å². The molecule has 1 aliphatic heterocycles. The molecule has 0 radical (unpaired) electrons. The van der Waals surface area contributed by atoms with E-state index in [2.05, 4.69) is 30.6 Å². The van der Waals surface area contributed by atoms with Crippen LogP contribution in [-0.2, 0) is 4.79 Å². The molecule has 26 heavy (non-hydrogen) atoms. The van der Waals surface area contributed by atoms with E-state index in [4.69, 9.17) is 0 Å². The average molecular weight is 353 g/mol. The molecule has 0 bridgehead atoms. The number of para-hydroxylation sites is 1. The number of likely N-dealkylation sites (tertiary alicyclic amines) is 1. The predicted octanol–water partition coefficient (Wildman–Crippen LogP) is 4.97. The Balaban J connectivity index is 1.92. The van der Waals surface area contributed by atoms with Gasteiger partial charge in [0.2, 0.25) is 5.91 Å². The fourth-order valence-corrected chi connectivity index (χ4v) is 3.52. The van der Waals surface area contributed by atoms with Crippen molar-refractivity contribution >= 4 is 11.6 Å². The Bertz CT molecular complexity index is 625. The zero-order chi connectivity index (χ0) is 18.8. The third-order valence-electron chi connectivity index (χ3n) is 5.06. The van der Waals surface area contributed by atoms with Gasteiger partial charge in [0.25, 0.3) is 0 Å². The lowest BCUT2D eigenvalue weighted by Gasteiger charge is -2.38. The van der Waals surface area contributed by atoms with Crippen LogP contribution in [0.2, 0.25) is 0 Å². The van der Waals surface area contributed by atoms with Crippen molar-refractivity contribution in [2.75, 3.05) is 24.5 Å². The van der Waals surface area contributed by atoms with E-state index in [1.807, 2.05) is 54.3 Å². The zero-order valence-electron chi connectivity index (χ0n) is 16.2. The van der Waals surface area contributed by atoms with Gasteiger partial charge >= 0.3 is 0 Å². The molecule has 1 aromatic carbocycles. The second-order valence-corrected chi connectivity index (χ2v) is 6.73. The number of allylic oxidation sites excluding steroid dienone is 4. The average Bonchev–Trinajstić information content (AvgIpc) is 2.70. The lowest BCUT2D eigenvalue weighted by Crippen LogP contribution is -2.47. The molecule has 0 aromatic heterocycles. The Hall–Kier alpha value is -2.13. The van der Waals surface area contributed by atoms with Crippen LogP contribution in [-0.4, -0.2) is 36.5 Å². The molecular weight excluding hydrogens is 320 g/mol. The molecule has 1 aliphatic rings. The Morgan fingerprint density at radius 2 is 1.96 bits per heavy atom. The van der Waals surface area contributed by atoms with Crippen LogP contribution in [0.4, 0.5) is 5.69 Å². The van der Waals surface area contributed by atoms with E-state index in [-0.39, 0.29) is 5.91 Å². The van der Waals surface area contributed by atoms with E-state index in [0.29, 0.717) is 12.5 Å². The van der Waals surface area contributed by atoms with Crippen molar-refractivity contribution in [3.8, 4) is 0 Å². The highest BCUT2D eigenvalue weighted by molar-refractivity contribution is 5.93. The molecule has 1 heterocycles. The van der Waals surface area contributed by atoms with Crippen molar-refractivity contribution in [1.29, 1.82) is 0 Å². The molecule has 1 amide bonds. The second kappa shape index (κ2) is 10.8. The highest BCUT2D eigenvalue weighted by Crippen LogP contribution is 2.25. The third kappa shape index (κ3) is 5.70. The van der Waals surface area contributed by atoms with Crippen molar-refractivity contribution in [2.45, 2.75) is 45.6 Å². The van der Waals surface area contributed by atoms with Gasteiger partial charge in [0, 0.05) is 37.8 Å². The van der Waals surface area contributed by atoms with Gasteiger partial charge in [-0.05, 0) is 38.3 Å². The molecule has 1 fully saturated rings. The summed E-state index contributed by atoms with van der Waals surface area (Å²) >= 11 is 0. The molecule has 0 spiro atoms. The number of hydrogen-bond donors (Lipinski definition) is 0. The SMILES string of the molecule is C=C/C=C\C(=C/C)CCN1CCC(N(C(=O)CC)c2ccccc2)CC1. The van der Waals surface area contributed by atoms with Gasteiger partial charge in [-0.15, -0.1) is 0 Å². The summed E-state index contributed by atoms with van der Waals surface area (Å²) in [6.07, 6.45) is 11.8. The van der Waals surface area contributed by atoms with Gasteiger partial charge < -0.3 is 9.80 Å². The van der Waals surface area contributed by atoms with Gasteiger partial charge in [-0.1, -0.05) is 61.6 Å². The lowest BCUT2D eigenvalue weighted by atomic mass is 10.0. The first-order valence-corrected chi connectivity index (χ1v) is 9.73. The van der Waals surface area contributed by atoms with Gasteiger partial charge in [-0.3, -0.25) is 4.79 Å². The van der Waals surface area contributed by atoms with Crippen molar-refractivity contribution in [3.63, 3.8) is 0 Å². The van der Waals surface area contributed by atoms with Gasteiger partial charge in [0.05, 0.1) is 0 Å². The third-order valence-corrected chi connectivity index (χ3v) is 5.06. The number of rotatable bonds is 8. The first-order valence-electron chi connectivity index (χ1n) is 9.73. The predicted molar refractivity (Wildman–Crippen MR) is 111 cm³/mol. The number of benzene rings is 1. The minimum Gasteiger partial charge on any atom is -0.309 e. The van der Waals surface area contributed by atoms with Crippen LogP contribution in [0.1, 0.15) is 39.5 Å². The number of nitrogens with zero attached hydrogens (tertiary/aromatic N) is 2. The smallest absolute Gasteiger partial charge is 0.226 e. The quantitative estimate of drug-likeness (QED) is 0.617. The normalized spacial score (nSPS) is 16.8. The van der Waals surface area contributed by atoms with Crippen LogP contribution in [0, 0.1) is 0 Å². The Kier molecular flexibility index (Phi) is 8.36. The van der Waals surface area contributed by atoms with Crippen molar-refractivity contribution in [3.05, 3.63) is 66.8 Å². The van der Waals surface area contributed by atoms with Crippen molar-refractivity contribution < 1.29 is 4.79 Å². The highest BCUT2D eigenvalue weighted by atomic mass is 16.2. The van der Waals surface area contributed by atoms with Crippen LogP contribution in [0.25, 0.3) is 0 Å². The molecule has 140 valence electrons. The maximum atomic E-state index is 12.5. The zero-order valence-corrected chi connectivity index (χ0v) is 16.2. The lowest BCUT2D eigenvalue weighted by molar-refractivity contribution is -0.119. The number of carbonyl (C=O) groups is 1. The maximum Gasteiger partial charge on any atom is 0.226 e. The van der Waals surface area contributed by atoms with E-state index < -0.39 is 0 Å². The van der Waals surface area contributed by atoms with Crippen molar-refractivity contribution in [1.82, 2.24) is 4.90 Å². The van der Waals surface area contributed by atoms with Crippen LogP contribution in [0.15, 0.2) is 66.8 Å². The maximum absolute atomic E-state index is 12.5. The van der Waals surface area contributed by atoms with Crippen LogP contribution in [0.5, 0.6) is 0 Å². The Labute approximate surface area is 158 Å². The minimum atomic E-state index is 0.223. The Morgan fingerprint density at radius 1 is 1.27 bits per heavy atom. The second-order valence-electron chi connectivity index (χ2n) is 6.73.